The molecule has 0 aliphatic carbocycles. The van der Waals surface area contributed by atoms with E-state index >= 15 is 0 Å². The third-order valence-electron chi connectivity index (χ3n) is 3.13. The van der Waals surface area contributed by atoms with Crippen LogP contribution in [-0.4, -0.2) is 18.4 Å². The Labute approximate surface area is 121 Å². The van der Waals surface area contributed by atoms with Gasteiger partial charge in [-0.15, -0.1) is 0 Å². The number of halogens is 1. The quantitative estimate of drug-likeness (QED) is 0.908. The first-order valence-corrected chi connectivity index (χ1v) is 6.67. The van der Waals surface area contributed by atoms with Crippen LogP contribution in [0, 0.1) is 0 Å². The molecule has 1 atom stereocenters. The molecule has 0 fully saturated rings. The summed E-state index contributed by atoms with van der Waals surface area (Å²) in [5, 5.41) is 13.9. The Bertz CT molecular complexity index is 601. The molecule has 0 radical (unpaired) electrons. The Morgan fingerprint density at radius 3 is 2.65 bits per heavy atom. The van der Waals surface area contributed by atoms with Gasteiger partial charge in [-0.25, -0.2) is 0 Å². The lowest BCUT2D eigenvalue weighted by Crippen LogP contribution is -2.11. The van der Waals surface area contributed by atoms with Gasteiger partial charge in [0.2, 0.25) is 6.79 Å². The van der Waals surface area contributed by atoms with Crippen LogP contribution in [0.2, 0.25) is 5.02 Å². The molecule has 3 rings (SSSR count). The van der Waals surface area contributed by atoms with E-state index < -0.39 is 6.10 Å². The first-order valence-electron chi connectivity index (χ1n) is 6.29. The molecule has 1 aliphatic heterocycles. The van der Waals surface area contributed by atoms with Crippen molar-refractivity contribution < 1.29 is 14.6 Å². The van der Waals surface area contributed by atoms with Crippen molar-refractivity contribution in [3.8, 4) is 11.5 Å². The van der Waals surface area contributed by atoms with Gasteiger partial charge in [0.15, 0.2) is 11.5 Å². The van der Waals surface area contributed by atoms with Crippen molar-refractivity contribution in [2.45, 2.75) is 6.10 Å². The zero-order valence-electron chi connectivity index (χ0n) is 10.7. The summed E-state index contributed by atoms with van der Waals surface area (Å²) in [6, 6.07) is 12.8. The van der Waals surface area contributed by atoms with Gasteiger partial charge in [-0.2, -0.15) is 0 Å². The number of aliphatic hydroxyl groups excluding tert-OH is 1. The van der Waals surface area contributed by atoms with Crippen LogP contribution in [0.5, 0.6) is 11.5 Å². The Morgan fingerprint density at radius 2 is 1.85 bits per heavy atom. The predicted molar refractivity (Wildman–Crippen MR) is 77.5 cm³/mol. The second-order valence-corrected chi connectivity index (χ2v) is 4.95. The van der Waals surface area contributed by atoms with Crippen molar-refractivity contribution in [3.63, 3.8) is 0 Å². The lowest BCUT2D eigenvalue weighted by molar-refractivity contribution is 0.174. The smallest absolute Gasteiger partial charge is 0.231 e. The molecule has 2 aromatic rings. The highest BCUT2D eigenvalue weighted by Gasteiger charge is 2.13. The molecule has 0 saturated heterocycles. The van der Waals surface area contributed by atoms with Gasteiger partial charge in [-0.3, -0.25) is 0 Å². The number of rotatable bonds is 4. The lowest BCUT2D eigenvalue weighted by atomic mass is 10.1. The van der Waals surface area contributed by atoms with Crippen molar-refractivity contribution in [1.82, 2.24) is 0 Å². The fourth-order valence-corrected chi connectivity index (χ4v) is 2.15. The highest BCUT2D eigenvalue weighted by Crippen LogP contribution is 2.34. The van der Waals surface area contributed by atoms with Crippen molar-refractivity contribution in [3.05, 3.63) is 53.1 Å². The molecular weight excluding hydrogens is 278 g/mol. The van der Waals surface area contributed by atoms with E-state index in [-0.39, 0.29) is 6.79 Å². The molecule has 2 aromatic carbocycles. The van der Waals surface area contributed by atoms with Crippen LogP contribution in [0.25, 0.3) is 0 Å². The summed E-state index contributed by atoms with van der Waals surface area (Å²) in [4.78, 5) is 0. The summed E-state index contributed by atoms with van der Waals surface area (Å²) in [7, 11) is 0. The van der Waals surface area contributed by atoms with E-state index in [1.165, 1.54) is 0 Å². The van der Waals surface area contributed by atoms with Gasteiger partial charge in [0.1, 0.15) is 0 Å². The average Bonchev–Trinajstić information content (AvgIpc) is 2.93. The molecule has 0 bridgehead atoms. The molecule has 0 aromatic heterocycles. The number of aliphatic hydroxyl groups is 1. The Kier molecular flexibility index (Phi) is 3.67. The van der Waals surface area contributed by atoms with Crippen LogP contribution < -0.4 is 14.8 Å². The van der Waals surface area contributed by atoms with Crippen molar-refractivity contribution >= 4 is 17.3 Å². The maximum atomic E-state index is 10.1. The van der Waals surface area contributed by atoms with Gasteiger partial charge in [0, 0.05) is 23.3 Å². The van der Waals surface area contributed by atoms with Gasteiger partial charge in [-0.05, 0) is 29.8 Å². The SMILES string of the molecule is OC(CNc1ccc2c(c1)OCO2)c1ccc(Cl)cc1. The molecule has 1 unspecified atom stereocenters. The van der Waals surface area contributed by atoms with Crippen LogP contribution in [0.15, 0.2) is 42.5 Å². The zero-order chi connectivity index (χ0) is 13.9. The maximum absolute atomic E-state index is 10.1. The lowest BCUT2D eigenvalue weighted by Gasteiger charge is -2.13. The monoisotopic (exact) mass is 291 g/mol. The minimum Gasteiger partial charge on any atom is -0.454 e. The number of benzene rings is 2. The standard InChI is InChI=1S/C15H14ClNO3/c16-11-3-1-10(2-4-11)13(18)8-17-12-5-6-14-15(7-12)20-9-19-14/h1-7,13,17-18H,8-9H2. The fourth-order valence-electron chi connectivity index (χ4n) is 2.02. The predicted octanol–water partition coefficient (Wildman–Crippen LogP) is 3.21. The molecule has 1 heterocycles. The Hall–Kier alpha value is -1.91. The molecule has 0 saturated carbocycles. The van der Waals surface area contributed by atoms with E-state index in [1.807, 2.05) is 30.3 Å². The molecule has 5 heteroatoms. The third kappa shape index (κ3) is 2.81. The summed E-state index contributed by atoms with van der Waals surface area (Å²) >= 11 is 5.82. The fraction of sp³-hybridized carbons (Fsp3) is 0.200. The second-order valence-electron chi connectivity index (χ2n) is 4.52. The molecule has 2 N–H and O–H groups in total. The summed E-state index contributed by atoms with van der Waals surface area (Å²) in [6.45, 7) is 0.660. The summed E-state index contributed by atoms with van der Waals surface area (Å²) < 4.78 is 10.6. The van der Waals surface area contributed by atoms with Crippen LogP contribution in [0.1, 0.15) is 11.7 Å². The van der Waals surface area contributed by atoms with Gasteiger partial charge >= 0.3 is 0 Å². The summed E-state index contributed by atoms with van der Waals surface area (Å²) in [6.07, 6.45) is -0.599. The van der Waals surface area contributed by atoms with E-state index in [9.17, 15) is 5.11 Å². The Morgan fingerprint density at radius 1 is 1.10 bits per heavy atom. The molecule has 0 amide bonds. The first-order chi connectivity index (χ1) is 9.72. The number of anilines is 1. The third-order valence-corrected chi connectivity index (χ3v) is 3.38. The largest absolute Gasteiger partial charge is 0.454 e. The van der Waals surface area contributed by atoms with Gasteiger partial charge in [0.25, 0.3) is 0 Å². The normalized spacial score (nSPS) is 14.1. The van der Waals surface area contributed by atoms with Crippen LogP contribution >= 0.6 is 11.6 Å². The molecule has 4 nitrogen and oxygen atoms in total. The second kappa shape index (κ2) is 5.61. The number of nitrogens with one attached hydrogen (secondary N) is 1. The van der Waals surface area contributed by atoms with Crippen LogP contribution in [0.3, 0.4) is 0 Å². The minimum absolute atomic E-state index is 0.256. The topological polar surface area (TPSA) is 50.7 Å². The van der Waals surface area contributed by atoms with E-state index in [0.717, 1.165) is 22.7 Å². The maximum Gasteiger partial charge on any atom is 0.231 e. The number of hydrogen-bond acceptors (Lipinski definition) is 4. The van der Waals surface area contributed by atoms with E-state index in [4.69, 9.17) is 21.1 Å². The molecule has 20 heavy (non-hydrogen) atoms. The van der Waals surface area contributed by atoms with Crippen LogP contribution in [-0.2, 0) is 0 Å². The van der Waals surface area contributed by atoms with Gasteiger partial charge in [0.05, 0.1) is 6.10 Å². The van der Waals surface area contributed by atoms with Gasteiger partial charge < -0.3 is 19.9 Å². The Balaban J connectivity index is 1.63. The highest BCUT2D eigenvalue weighted by atomic mass is 35.5. The summed E-state index contributed by atoms with van der Waals surface area (Å²) in [5.74, 6) is 1.46. The first kappa shape index (κ1) is 13.1. The molecule has 0 spiro atoms. The van der Waals surface area contributed by atoms with Crippen LogP contribution in [0.4, 0.5) is 5.69 Å². The number of hydrogen-bond donors (Lipinski definition) is 2. The van der Waals surface area contributed by atoms with Crippen molar-refractivity contribution in [2.24, 2.45) is 0 Å². The average molecular weight is 292 g/mol. The van der Waals surface area contributed by atoms with Gasteiger partial charge in [-0.1, -0.05) is 23.7 Å². The van der Waals surface area contributed by atoms with E-state index in [0.29, 0.717) is 11.6 Å². The van der Waals surface area contributed by atoms with Crippen molar-refractivity contribution in [1.29, 1.82) is 0 Å². The van der Waals surface area contributed by atoms with Crippen molar-refractivity contribution in [2.75, 3.05) is 18.7 Å². The zero-order valence-corrected chi connectivity index (χ0v) is 11.4. The molecule has 1 aliphatic rings. The number of ether oxygens (including phenoxy) is 2. The van der Waals surface area contributed by atoms with E-state index in [2.05, 4.69) is 5.32 Å². The molecule has 104 valence electrons. The minimum atomic E-state index is -0.599. The summed E-state index contributed by atoms with van der Waals surface area (Å²) in [5.41, 5.74) is 1.70. The molecular formula is C15H14ClNO3. The highest BCUT2D eigenvalue weighted by molar-refractivity contribution is 6.30. The number of fused-ring (bicyclic) bond motifs is 1. The van der Waals surface area contributed by atoms with E-state index in [1.54, 1.807) is 12.1 Å².